The Morgan fingerprint density at radius 1 is 1.20 bits per heavy atom. The van der Waals surface area contributed by atoms with Gasteiger partial charge in [0.1, 0.15) is 5.78 Å². The van der Waals surface area contributed by atoms with Gasteiger partial charge < -0.3 is 9.88 Å². The van der Waals surface area contributed by atoms with E-state index >= 15 is 0 Å². The summed E-state index contributed by atoms with van der Waals surface area (Å²) >= 11 is 17.5. The summed E-state index contributed by atoms with van der Waals surface area (Å²) < 4.78 is -1.98. The molecule has 1 N–H and O–H groups in total. The Bertz CT molecular complexity index is 772. The first-order valence-electron chi connectivity index (χ1n) is 8.31. The number of hydrogen-bond acceptors (Lipinski definition) is 2. The van der Waals surface area contributed by atoms with E-state index in [0.29, 0.717) is 38.6 Å². The zero-order chi connectivity index (χ0) is 18.0. The molecule has 1 aromatic carbocycles. The van der Waals surface area contributed by atoms with Crippen LogP contribution in [0.3, 0.4) is 0 Å². The summed E-state index contributed by atoms with van der Waals surface area (Å²) in [6.45, 7) is 0.452. The van der Waals surface area contributed by atoms with E-state index < -0.39 is 9.70 Å². The zero-order valence-corrected chi connectivity index (χ0v) is 15.9. The number of halogens is 3. The molecule has 0 spiro atoms. The van der Waals surface area contributed by atoms with E-state index in [2.05, 4.69) is 4.98 Å². The smallest absolute Gasteiger partial charge is 0.274 e. The lowest BCUT2D eigenvalue weighted by Gasteiger charge is -2.35. The third kappa shape index (κ3) is 4.30. The first kappa shape index (κ1) is 18.6. The highest BCUT2D eigenvalue weighted by atomic mass is 35.6. The molecular weight excluding hydrogens is 383 g/mol. The Balaban J connectivity index is 1.77. The highest BCUT2D eigenvalue weighted by Gasteiger charge is 2.39. The SMILES string of the molecule is O=C1CCC(N(CCc2c[nH]c3ccccc23)C(=O)C(Cl)(Cl)Cl)CC1. The molecule has 1 fully saturated rings. The van der Waals surface area contributed by atoms with Crippen LogP contribution >= 0.6 is 34.8 Å². The molecule has 0 bridgehead atoms. The van der Waals surface area contributed by atoms with E-state index in [-0.39, 0.29) is 11.8 Å². The molecule has 0 radical (unpaired) electrons. The van der Waals surface area contributed by atoms with Crippen LogP contribution in [-0.4, -0.2) is 38.0 Å². The van der Waals surface area contributed by atoms with Gasteiger partial charge in [0.2, 0.25) is 0 Å². The molecule has 1 heterocycles. The van der Waals surface area contributed by atoms with Crippen molar-refractivity contribution in [2.75, 3.05) is 6.54 Å². The second-order valence-electron chi connectivity index (χ2n) is 6.38. The maximum absolute atomic E-state index is 12.6. The zero-order valence-electron chi connectivity index (χ0n) is 13.6. The molecule has 0 saturated heterocycles. The second kappa shape index (κ2) is 7.56. The molecule has 25 heavy (non-hydrogen) atoms. The van der Waals surface area contributed by atoms with Crippen molar-refractivity contribution in [1.82, 2.24) is 9.88 Å². The molecule has 3 rings (SSSR count). The number of ketones is 1. The van der Waals surface area contributed by atoms with Crippen molar-refractivity contribution in [2.45, 2.75) is 41.9 Å². The molecule has 0 aliphatic heterocycles. The summed E-state index contributed by atoms with van der Waals surface area (Å²) in [4.78, 5) is 29.0. The number of rotatable bonds is 4. The van der Waals surface area contributed by atoms with Crippen LogP contribution in [0, 0.1) is 0 Å². The number of para-hydroxylation sites is 1. The predicted molar refractivity (Wildman–Crippen MR) is 101 cm³/mol. The van der Waals surface area contributed by atoms with Crippen molar-refractivity contribution >= 4 is 57.4 Å². The van der Waals surface area contributed by atoms with Gasteiger partial charge in [-0.2, -0.15) is 0 Å². The minimum absolute atomic E-state index is 0.0639. The topological polar surface area (TPSA) is 53.2 Å². The van der Waals surface area contributed by atoms with Crippen molar-refractivity contribution in [2.24, 2.45) is 0 Å². The van der Waals surface area contributed by atoms with Crippen LogP contribution in [0.15, 0.2) is 30.5 Å². The summed E-state index contributed by atoms with van der Waals surface area (Å²) in [5, 5.41) is 1.13. The van der Waals surface area contributed by atoms with Crippen molar-refractivity contribution in [3.8, 4) is 0 Å². The lowest BCUT2D eigenvalue weighted by atomic mass is 9.92. The first-order valence-corrected chi connectivity index (χ1v) is 9.44. The van der Waals surface area contributed by atoms with Crippen LogP contribution in [0.25, 0.3) is 10.9 Å². The largest absolute Gasteiger partial charge is 0.361 e. The normalized spacial score (nSPS) is 16.4. The highest BCUT2D eigenvalue weighted by molar-refractivity contribution is 6.76. The minimum Gasteiger partial charge on any atom is -0.361 e. The molecule has 4 nitrogen and oxygen atoms in total. The van der Waals surface area contributed by atoms with Crippen molar-refractivity contribution in [3.05, 3.63) is 36.0 Å². The van der Waals surface area contributed by atoms with E-state index in [0.717, 1.165) is 16.5 Å². The molecule has 1 saturated carbocycles. The standard InChI is InChI=1S/C18H19Cl3N2O2/c19-18(20,21)17(25)23(13-5-7-14(24)8-6-13)10-9-12-11-22-16-4-2-1-3-15(12)16/h1-4,11,13,22H,5-10H2. The Kier molecular flexibility index (Phi) is 5.62. The molecule has 1 amide bonds. The van der Waals surface area contributed by atoms with Gasteiger partial charge in [0.15, 0.2) is 0 Å². The van der Waals surface area contributed by atoms with E-state index in [1.807, 2.05) is 30.5 Å². The van der Waals surface area contributed by atoms with Gasteiger partial charge in [-0.05, 0) is 30.9 Å². The van der Waals surface area contributed by atoms with E-state index in [4.69, 9.17) is 34.8 Å². The average Bonchev–Trinajstić information content (AvgIpc) is 2.99. The number of benzene rings is 1. The van der Waals surface area contributed by atoms with Crippen molar-refractivity contribution in [3.63, 3.8) is 0 Å². The van der Waals surface area contributed by atoms with Gasteiger partial charge >= 0.3 is 0 Å². The number of hydrogen-bond donors (Lipinski definition) is 1. The lowest BCUT2D eigenvalue weighted by Crippen LogP contribution is -2.48. The van der Waals surface area contributed by atoms with Gasteiger partial charge in [0.25, 0.3) is 9.70 Å². The number of aromatic nitrogens is 1. The first-order chi connectivity index (χ1) is 11.9. The number of H-pyrrole nitrogens is 1. The van der Waals surface area contributed by atoms with E-state index in [9.17, 15) is 9.59 Å². The Morgan fingerprint density at radius 3 is 2.56 bits per heavy atom. The number of nitrogens with one attached hydrogen (secondary N) is 1. The number of fused-ring (bicyclic) bond motifs is 1. The van der Waals surface area contributed by atoms with E-state index in [1.54, 1.807) is 4.90 Å². The van der Waals surface area contributed by atoms with Gasteiger partial charge in [0.05, 0.1) is 0 Å². The second-order valence-corrected chi connectivity index (χ2v) is 8.66. The molecule has 134 valence electrons. The van der Waals surface area contributed by atoms with Gasteiger partial charge in [-0.25, -0.2) is 0 Å². The maximum Gasteiger partial charge on any atom is 0.274 e. The summed E-state index contributed by atoms with van der Waals surface area (Å²) in [7, 11) is 0. The van der Waals surface area contributed by atoms with Crippen LogP contribution in [0.4, 0.5) is 0 Å². The van der Waals surface area contributed by atoms with Gasteiger partial charge in [-0.15, -0.1) is 0 Å². The van der Waals surface area contributed by atoms with E-state index in [1.165, 1.54) is 0 Å². The predicted octanol–water partition coefficient (Wildman–Crippen LogP) is 4.42. The molecule has 1 aliphatic carbocycles. The van der Waals surface area contributed by atoms with Gasteiger partial charge in [-0.1, -0.05) is 53.0 Å². The van der Waals surface area contributed by atoms with Gasteiger partial charge in [-0.3, -0.25) is 9.59 Å². The van der Waals surface area contributed by atoms with Crippen LogP contribution in [0.5, 0.6) is 0 Å². The number of carbonyl (C=O) groups excluding carboxylic acids is 2. The van der Waals surface area contributed by atoms with Crippen LogP contribution in [0.2, 0.25) is 0 Å². The molecular formula is C18H19Cl3N2O2. The molecule has 7 heteroatoms. The minimum atomic E-state index is -1.98. The highest BCUT2D eigenvalue weighted by Crippen LogP contribution is 2.32. The molecule has 0 atom stereocenters. The Hall–Kier alpha value is -1.23. The Morgan fingerprint density at radius 2 is 1.88 bits per heavy atom. The summed E-state index contributed by atoms with van der Waals surface area (Å²) in [5.74, 6) is -0.286. The number of carbonyl (C=O) groups is 2. The van der Waals surface area contributed by atoms with Crippen molar-refractivity contribution in [1.29, 1.82) is 0 Å². The molecule has 1 aliphatic rings. The number of amides is 1. The number of alkyl halides is 3. The number of aromatic amines is 1. The lowest BCUT2D eigenvalue weighted by molar-refractivity contribution is -0.135. The number of Topliss-reactive ketones (excluding diaryl/α,β-unsaturated/α-hetero) is 1. The monoisotopic (exact) mass is 400 g/mol. The molecule has 2 aromatic rings. The van der Waals surface area contributed by atoms with Crippen LogP contribution in [0.1, 0.15) is 31.2 Å². The molecule has 0 unspecified atom stereocenters. The summed E-state index contributed by atoms with van der Waals surface area (Å²) in [5.41, 5.74) is 2.17. The van der Waals surface area contributed by atoms with Crippen molar-refractivity contribution < 1.29 is 9.59 Å². The third-order valence-corrected chi connectivity index (χ3v) is 5.24. The fourth-order valence-corrected chi connectivity index (χ4v) is 3.75. The molecule has 1 aromatic heterocycles. The maximum atomic E-state index is 12.6. The van der Waals surface area contributed by atoms with Crippen LogP contribution in [-0.2, 0) is 16.0 Å². The summed E-state index contributed by atoms with van der Waals surface area (Å²) in [6, 6.07) is 7.94. The fourth-order valence-electron chi connectivity index (χ4n) is 3.43. The van der Waals surface area contributed by atoms with Crippen LogP contribution < -0.4 is 0 Å². The third-order valence-electron chi connectivity index (χ3n) is 4.75. The number of nitrogens with zero attached hydrogens (tertiary/aromatic N) is 1. The Labute approximate surface area is 161 Å². The summed E-state index contributed by atoms with van der Waals surface area (Å²) in [6.07, 6.45) is 4.80. The average molecular weight is 402 g/mol. The quantitative estimate of drug-likeness (QED) is 0.771. The van der Waals surface area contributed by atoms with Gasteiger partial charge in [0, 0.05) is 42.5 Å². The fraction of sp³-hybridized carbons (Fsp3) is 0.444.